The van der Waals surface area contributed by atoms with Crippen LogP contribution in [0.3, 0.4) is 0 Å². The van der Waals surface area contributed by atoms with Crippen LogP contribution in [0.15, 0.2) is 30.9 Å². The van der Waals surface area contributed by atoms with Crippen molar-refractivity contribution in [1.29, 1.82) is 0 Å². The lowest BCUT2D eigenvalue weighted by Gasteiger charge is -1.98. The lowest BCUT2D eigenvalue weighted by atomic mass is 10.1. The van der Waals surface area contributed by atoms with Gasteiger partial charge >= 0.3 is 0 Å². The van der Waals surface area contributed by atoms with Gasteiger partial charge in [0, 0.05) is 42.7 Å². The van der Waals surface area contributed by atoms with Gasteiger partial charge in [0.2, 0.25) is 0 Å². The number of hydrogen-bond acceptors (Lipinski definition) is 2. The topological polar surface area (TPSA) is 39.8 Å². The molecule has 4 nitrogen and oxygen atoms in total. The molecule has 0 atom stereocenters. The Morgan fingerprint density at radius 1 is 1.47 bits per heavy atom. The van der Waals surface area contributed by atoms with Crippen LogP contribution >= 0.6 is 0 Å². The average Bonchev–Trinajstić information content (AvgIpc) is 2.93. The summed E-state index contributed by atoms with van der Waals surface area (Å²) >= 11 is 0. The second-order valence-corrected chi connectivity index (χ2v) is 4.73. The van der Waals surface area contributed by atoms with Gasteiger partial charge in [0.05, 0.1) is 12.7 Å². The highest BCUT2D eigenvalue weighted by molar-refractivity contribution is 5.99. The van der Waals surface area contributed by atoms with Gasteiger partial charge in [-0.15, -0.1) is 0 Å². The number of hydrogen-bond donors (Lipinski definition) is 0. The first-order valence-electron chi connectivity index (χ1n) is 5.90. The van der Waals surface area contributed by atoms with E-state index in [2.05, 4.69) is 5.10 Å². The van der Waals surface area contributed by atoms with Crippen LogP contribution in [0.5, 0.6) is 0 Å². The van der Waals surface area contributed by atoms with Crippen molar-refractivity contribution in [3.63, 3.8) is 0 Å². The van der Waals surface area contributed by atoms with E-state index in [1.165, 1.54) is 0 Å². The number of rotatable bonds is 4. The second-order valence-electron chi connectivity index (χ2n) is 4.73. The fourth-order valence-electron chi connectivity index (χ4n) is 2.03. The molecule has 0 amide bonds. The summed E-state index contributed by atoms with van der Waals surface area (Å²) in [6, 6.07) is 1.91. The lowest BCUT2D eigenvalue weighted by Crippen LogP contribution is -2.00. The van der Waals surface area contributed by atoms with E-state index in [9.17, 15) is 4.79 Å². The Morgan fingerprint density at radius 2 is 2.29 bits per heavy atom. The Bertz CT molecular complexity index is 549. The molecule has 0 aromatic carbocycles. The summed E-state index contributed by atoms with van der Waals surface area (Å²) in [5, 5.41) is 4.13. The molecule has 1 aliphatic carbocycles. The van der Waals surface area contributed by atoms with Gasteiger partial charge in [-0.2, -0.15) is 5.10 Å². The molecule has 2 aromatic heterocycles. The smallest absolute Gasteiger partial charge is 0.167 e. The molecule has 1 fully saturated rings. The van der Waals surface area contributed by atoms with Crippen LogP contribution in [0.2, 0.25) is 0 Å². The van der Waals surface area contributed by atoms with E-state index < -0.39 is 0 Å². The van der Waals surface area contributed by atoms with Crippen molar-refractivity contribution in [3.8, 4) is 0 Å². The maximum absolute atomic E-state index is 11.8. The summed E-state index contributed by atoms with van der Waals surface area (Å²) < 4.78 is 3.82. The molecule has 2 aromatic rings. The highest BCUT2D eigenvalue weighted by Crippen LogP contribution is 2.32. The van der Waals surface area contributed by atoms with E-state index >= 15 is 0 Å². The molecular weight excluding hydrogens is 214 g/mol. The Kier molecular flexibility index (Phi) is 2.35. The minimum absolute atomic E-state index is 0.296. The molecule has 0 unspecified atom stereocenters. The molecule has 0 N–H and O–H groups in total. The van der Waals surface area contributed by atoms with Gasteiger partial charge in [0.25, 0.3) is 0 Å². The SMILES string of the molecule is Cn1cc(Cn2ccc(C(=O)C3CC3)c2)cn1. The van der Waals surface area contributed by atoms with Crippen LogP contribution in [0.4, 0.5) is 0 Å². The van der Waals surface area contributed by atoms with Crippen LogP contribution in [0, 0.1) is 5.92 Å². The minimum Gasteiger partial charge on any atom is -0.349 e. The molecule has 0 saturated heterocycles. The molecule has 3 rings (SSSR count). The molecule has 0 spiro atoms. The van der Waals surface area contributed by atoms with Gasteiger partial charge in [-0.05, 0) is 18.9 Å². The Labute approximate surface area is 99.9 Å². The fourth-order valence-corrected chi connectivity index (χ4v) is 2.03. The summed E-state index contributed by atoms with van der Waals surface area (Å²) in [4.78, 5) is 11.8. The lowest BCUT2D eigenvalue weighted by molar-refractivity contribution is 0.0967. The van der Waals surface area contributed by atoms with Crippen molar-refractivity contribution in [1.82, 2.24) is 14.3 Å². The summed E-state index contributed by atoms with van der Waals surface area (Å²) in [7, 11) is 1.90. The van der Waals surface area contributed by atoms with Gasteiger partial charge < -0.3 is 4.57 Å². The van der Waals surface area contributed by atoms with E-state index in [4.69, 9.17) is 0 Å². The monoisotopic (exact) mass is 229 g/mol. The van der Waals surface area contributed by atoms with Crippen molar-refractivity contribution in [2.75, 3.05) is 0 Å². The van der Waals surface area contributed by atoms with Crippen LogP contribution < -0.4 is 0 Å². The quantitative estimate of drug-likeness (QED) is 0.751. The molecule has 2 heterocycles. The van der Waals surface area contributed by atoms with Crippen molar-refractivity contribution in [3.05, 3.63) is 42.0 Å². The molecule has 0 aliphatic heterocycles. The third-order valence-corrected chi connectivity index (χ3v) is 3.11. The summed E-state index contributed by atoms with van der Waals surface area (Å²) in [6.07, 6.45) is 9.86. The van der Waals surface area contributed by atoms with E-state index in [-0.39, 0.29) is 0 Å². The van der Waals surface area contributed by atoms with Crippen LogP contribution in [0.25, 0.3) is 0 Å². The fraction of sp³-hybridized carbons (Fsp3) is 0.385. The van der Waals surface area contributed by atoms with Crippen LogP contribution in [0.1, 0.15) is 28.8 Å². The maximum atomic E-state index is 11.8. The van der Waals surface area contributed by atoms with Gasteiger partial charge in [0.1, 0.15) is 0 Å². The third kappa shape index (κ3) is 2.16. The molecule has 4 heteroatoms. The van der Waals surface area contributed by atoms with E-state index in [1.54, 1.807) is 4.68 Å². The van der Waals surface area contributed by atoms with Gasteiger partial charge in [-0.3, -0.25) is 9.48 Å². The first-order valence-corrected chi connectivity index (χ1v) is 5.90. The number of carbonyl (C=O) groups excluding carboxylic acids is 1. The Morgan fingerprint density at radius 3 is 2.94 bits per heavy atom. The van der Waals surface area contributed by atoms with E-state index in [1.807, 2.05) is 42.5 Å². The molecule has 0 bridgehead atoms. The first-order chi connectivity index (χ1) is 8.22. The minimum atomic E-state index is 0.296. The predicted octanol–water partition coefficient (Wildman–Crippen LogP) is 1.86. The van der Waals surface area contributed by atoms with E-state index in [0.29, 0.717) is 11.7 Å². The van der Waals surface area contributed by atoms with Crippen molar-refractivity contribution in [2.45, 2.75) is 19.4 Å². The number of nitrogens with zero attached hydrogens (tertiary/aromatic N) is 3. The number of carbonyl (C=O) groups is 1. The molecule has 1 saturated carbocycles. The van der Waals surface area contributed by atoms with Gasteiger partial charge in [-0.1, -0.05) is 0 Å². The highest BCUT2D eigenvalue weighted by Gasteiger charge is 2.30. The molecular formula is C13H15N3O. The normalized spacial score (nSPS) is 15.1. The van der Waals surface area contributed by atoms with Crippen LogP contribution in [-0.2, 0) is 13.6 Å². The van der Waals surface area contributed by atoms with Gasteiger partial charge in [-0.25, -0.2) is 0 Å². The Balaban J connectivity index is 1.73. The maximum Gasteiger partial charge on any atom is 0.167 e. The van der Waals surface area contributed by atoms with Crippen molar-refractivity contribution >= 4 is 5.78 Å². The molecule has 88 valence electrons. The first kappa shape index (κ1) is 10.3. The number of Topliss-reactive ketones (excluding diaryl/α,β-unsaturated/α-hetero) is 1. The average molecular weight is 229 g/mol. The highest BCUT2D eigenvalue weighted by atomic mass is 16.1. The number of ketones is 1. The number of aromatic nitrogens is 3. The second kappa shape index (κ2) is 3.87. The Hall–Kier alpha value is -1.84. The van der Waals surface area contributed by atoms with E-state index in [0.717, 1.165) is 30.5 Å². The number of aryl methyl sites for hydroxylation is 1. The largest absolute Gasteiger partial charge is 0.349 e. The summed E-state index contributed by atoms with van der Waals surface area (Å²) in [5.41, 5.74) is 1.99. The standard InChI is InChI=1S/C13H15N3O/c1-15-7-10(6-14-15)8-16-5-4-12(9-16)13(17)11-2-3-11/h4-7,9,11H,2-3,8H2,1H3. The van der Waals surface area contributed by atoms with Crippen molar-refractivity contribution < 1.29 is 4.79 Å². The summed E-state index contributed by atoms with van der Waals surface area (Å²) in [5.74, 6) is 0.596. The zero-order valence-corrected chi connectivity index (χ0v) is 9.84. The molecule has 0 radical (unpaired) electrons. The zero-order valence-electron chi connectivity index (χ0n) is 9.84. The molecule has 17 heavy (non-hydrogen) atoms. The van der Waals surface area contributed by atoms with Gasteiger partial charge in [0.15, 0.2) is 5.78 Å². The third-order valence-electron chi connectivity index (χ3n) is 3.11. The molecule has 1 aliphatic rings. The van der Waals surface area contributed by atoms with Crippen molar-refractivity contribution in [2.24, 2.45) is 13.0 Å². The zero-order chi connectivity index (χ0) is 11.8. The summed E-state index contributed by atoms with van der Waals surface area (Å²) in [6.45, 7) is 0.770. The predicted molar refractivity (Wildman–Crippen MR) is 63.8 cm³/mol. The van der Waals surface area contributed by atoms with Crippen LogP contribution in [-0.4, -0.2) is 20.1 Å².